The SMILES string of the molecule is COc1ccc2[nH]cc(CCNC(=O)c3ccccc3NC(=O)N3CC4CC(C3)c3cccc(=O)n3C4)c2c1. The lowest BCUT2D eigenvalue weighted by Crippen LogP contribution is -2.50. The van der Waals surface area contributed by atoms with Crippen molar-refractivity contribution >= 4 is 28.5 Å². The van der Waals surface area contributed by atoms with Crippen molar-refractivity contribution in [3.63, 3.8) is 0 Å². The van der Waals surface area contributed by atoms with Crippen LogP contribution in [-0.2, 0) is 13.0 Å². The van der Waals surface area contributed by atoms with Crippen LogP contribution in [0.4, 0.5) is 10.5 Å². The minimum atomic E-state index is -0.243. The number of aromatic amines is 1. The monoisotopic (exact) mass is 525 g/mol. The van der Waals surface area contributed by atoms with E-state index in [9.17, 15) is 14.4 Å². The van der Waals surface area contributed by atoms with Gasteiger partial charge in [0.15, 0.2) is 0 Å². The molecule has 4 heterocycles. The Morgan fingerprint density at radius 2 is 1.92 bits per heavy atom. The number of likely N-dealkylation sites (tertiary alicyclic amines) is 1. The average molecular weight is 526 g/mol. The number of fused-ring (bicyclic) bond motifs is 5. The van der Waals surface area contributed by atoms with Gasteiger partial charge in [-0.25, -0.2) is 4.79 Å². The standard InChI is InChI=1S/C30H31N5O4/c1-39-22-9-10-25-24(14-22)20(15-32-25)11-12-31-29(37)23-5-2-3-6-26(23)33-30(38)34-16-19-13-21(18-34)27-7-4-8-28(36)35(27)17-19/h2-10,14-15,19,21,32H,11-13,16-18H2,1H3,(H,31,37)(H,33,38). The van der Waals surface area contributed by atoms with Crippen LogP contribution in [0, 0.1) is 5.92 Å². The van der Waals surface area contributed by atoms with E-state index in [0.717, 1.165) is 34.3 Å². The minimum Gasteiger partial charge on any atom is -0.497 e. The molecule has 2 atom stereocenters. The Morgan fingerprint density at radius 3 is 2.79 bits per heavy atom. The first-order chi connectivity index (χ1) is 19.0. The predicted octanol–water partition coefficient (Wildman–Crippen LogP) is 3.96. The molecule has 1 fully saturated rings. The highest BCUT2D eigenvalue weighted by Gasteiger charge is 2.36. The van der Waals surface area contributed by atoms with E-state index in [1.54, 1.807) is 48.4 Å². The first-order valence-electron chi connectivity index (χ1n) is 13.3. The molecule has 2 aliphatic rings. The second kappa shape index (κ2) is 10.3. The number of pyridine rings is 1. The summed E-state index contributed by atoms with van der Waals surface area (Å²) in [4.78, 5) is 43.8. The Bertz CT molecular complexity index is 1610. The number of nitrogens with zero attached hydrogens (tertiary/aromatic N) is 2. The molecule has 0 aliphatic carbocycles. The first kappa shape index (κ1) is 24.8. The van der Waals surface area contributed by atoms with Crippen molar-refractivity contribution in [1.82, 2.24) is 19.8 Å². The van der Waals surface area contributed by atoms with Crippen molar-refractivity contribution in [2.24, 2.45) is 5.92 Å². The number of ether oxygens (including phenoxy) is 1. The van der Waals surface area contributed by atoms with E-state index >= 15 is 0 Å². The Kier molecular flexibility index (Phi) is 6.56. The van der Waals surface area contributed by atoms with E-state index in [-0.39, 0.29) is 29.3 Å². The smallest absolute Gasteiger partial charge is 0.321 e. The number of hydrogen-bond acceptors (Lipinski definition) is 4. The number of rotatable bonds is 6. The van der Waals surface area contributed by atoms with Gasteiger partial charge in [0, 0.05) is 61.0 Å². The third-order valence-electron chi connectivity index (χ3n) is 7.83. The van der Waals surface area contributed by atoms with Gasteiger partial charge in [0.25, 0.3) is 11.5 Å². The van der Waals surface area contributed by atoms with E-state index in [1.807, 2.05) is 35.0 Å². The fraction of sp³-hybridized carbons (Fsp3) is 0.300. The van der Waals surface area contributed by atoms with Crippen molar-refractivity contribution in [2.45, 2.75) is 25.3 Å². The van der Waals surface area contributed by atoms with E-state index in [4.69, 9.17) is 4.74 Å². The Morgan fingerprint density at radius 1 is 1.05 bits per heavy atom. The lowest BCUT2D eigenvalue weighted by molar-refractivity contribution is 0.0955. The number of hydrogen-bond donors (Lipinski definition) is 3. The van der Waals surface area contributed by atoms with Crippen LogP contribution in [0.1, 0.15) is 34.0 Å². The van der Waals surface area contributed by atoms with Gasteiger partial charge >= 0.3 is 6.03 Å². The van der Waals surface area contributed by atoms with Gasteiger partial charge in [-0.05, 0) is 60.7 Å². The molecule has 2 aromatic carbocycles. The maximum Gasteiger partial charge on any atom is 0.321 e. The van der Waals surface area contributed by atoms with Crippen LogP contribution in [0.25, 0.3) is 10.9 Å². The Balaban J connectivity index is 1.10. The number of methoxy groups -OCH3 is 1. The molecule has 39 heavy (non-hydrogen) atoms. The molecule has 2 aromatic heterocycles. The number of benzene rings is 2. The third-order valence-corrected chi connectivity index (χ3v) is 7.83. The third kappa shape index (κ3) is 4.87. The van der Waals surface area contributed by atoms with Crippen LogP contribution in [0.5, 0.6) is 5.75 Å². The topological polar surface area (TPSA) is 108 Å². The summed E-state index contributed by atoms with van der Waals surface area (Å²) in [6.07, 6.45) is 3.57. The molecule has 2 aliphatic heterocycles. The van der Waals surface area contributed by atoms with E-state index in [1.165, 1.54) is 0 Å². The van der Waals surface area contributed by atoms with Gasteiger partial charge in [0.1, 0.15) is 5.75 Å². The molecule has 200 valence electrons. The minimum absolute atomic E-state index is 0.0180. The molecule has 1 saturated heterocycles. The molecular formula is C30H31N5O4. The zero-order chi connectivity index (χ0) is 26.9. The number of urea groups is 1. The number of anilines is 1. The van der Waals surface area contributed by atoms with Gasteiger partial charge in [-0.3, -0.25) is 9.59 Å². The zero-order valence-electron chi connectivity index (χ0n) is 21.8. The van der Waals surface area contributed by atoms with Gasteiger partial charge in [0.2, 0.25) is 0 Å². The number of piperidine rings is 1. The highest BCUT2D eigenvalue weighted by atomic mass is 16.5. The number of carbonyl (C=O) groups excluding carboxylic acids is 2. The quantitative estimate of drug-likeness (QED) is 0.354. The van der Waals surface area contributed by atoms with Crippen LogP contribution in [0.2, 0.25) is 0 Å². The second-order valence-electron chi connectivity index (χ2n) is 10.3. The molecule has 2 bridgehead atoms. The van der Waals surface area contributed by atoms with Crippen LogP contribution < -0.4 is 20.9 Å². The second-order valence-corrected chi connectivity index (χ2v) is 10.3. The number of amides is 3. The number of para-hydroxylation sites is 1. The molecule has 3 amide bonds. The largest absolute Gasteiger partial charge is 0.497 e. The van der Waals surface area contributed by atoms with Gasteiger partial charge < -0.3 is 29.8 Å². The van der Waals surface area contributed by atoms with Crippen LogP contribution in [-0.4, -0.2) is 53.1 Å². The molecule has 3 N–H and O–H groups in total. The fourth-order valence-corrected chi connectivity index (χ4v) is 5.94. The lowest BCUT2D eigenvalue weighted by atomic mass is 9.83. The predicted molar refractivity (Wildman–Crippen MR) is 149 cm³/mol. The highest BCUT2D eigenvalue weighted by Crippen LogP contribution is 2.35. The Labute approximate surface area is 225 Å². The van der Waals surface area contributed by atoms with Crippen LogP contribution in [0.3, 0.4) is 0 Å². The van der Waals surface area contributed by atoms with Crippen molar-refractivity contribution in [3.05, 3.63) is 94.0 Å². The first-order valence-corrected chi connectivity index (χ1v) is 13.3. The maximum absolute atomic E-state index is 13.3. The molecule has 0 saturated carbocycles. The van der Waals surface area contributed by atoms with Crippen molar-refractivity contribution in [2.75, 3.05) is 32.1 Å². The van der Waals surface area contributed by atoms with Gasteiger partial charge in [-0.2, -0.15) is 0 Å². The molecule has 6 rings (SSSR count). The van der Waals surface area contributed by atoms with E-state index in [0.29, 0.717) is 43.9 Å². The summed E-state index contributed by atoms with van der Waals surface area (Å²) in [5.41, 5.74) is 4.01. The lowest BCUT2D eigenvalue weighted by Gasteiger charge is -2.42. The number of nitrogens with one attached hydrogen (secondary N) is 3. The van der Waals surface area contributed by atoms with E-state index < -0.39 is 0 Å². The summed E-state index contributed by atoms with van der Waals surface area (Å²) in [5, 5.41) is 7.02. The number of carbonyl (C=O) groups is 2. The van der Waals surface area contributed by atoms with Crippen molar-refractivity contribution in [3.8, 4) is 5.75 Å². The highest BCUT2D eigenvalue weighted by molar-refractivity contribution is 6.03. The maximum atomic E-state index is 13.3. The van der Waals surface area contributed by atoms with Crippen LogP contribution in [0.15, 0.2) is 71.7 Å². The molecular weight excluding hydrogens is 494 g/mol. The van der Waals surface area contributed by atoms with E-state index in [2.05, 4.69) is 15.6 Å². The number of H-pyrrole nitrogens is 1. The molecule has 2 unspecified atom stereocenters. The summed E-state index contributed by atoms with van der Waals surface area (Å²) in [6, 6.07) is 18.1. The summed E-state index contributed by atoms with van der Waals surface area (Å²) in [7, 11) is 1.64. The normalized spacial score (nSPS) is 17.9. The summed E-state index contributed by atoms with van der Waals surface area (Å²) in [5.74, 6) is 0.893. The average Bonchev–Trinajstić information content (AvgIpc) is 3.35. The van der Waals surface area contributed by atoms with Gasteiger partial charge in [-0.1, -0.05) is 18.2 Å². The summed E-state index contributed by atoms with van der Waals surface area (Å²) in [6.45, 7) is 2.18. The fourth-order valence-electron chi connectivity index (χ4n) is 5.94. The van der Waals surface area contributed by atoms with Gasteiger partial charge in [0.05, 0.1) is 18.4 Å². The molecule has 9 heteroatoms. The molecule has 0 spiro atoms. The molecule has 4 aromatic rings. The molecule has 9 nitrogen and oxygen atoms in total. The van der Waals surface area contributed by atoms with Crippen molar-refractivity contribution in [1.29, 1.82) is 0 Å². The van der Waals surface area contributed by atoms with Gasteiger partial charge in [-0.15, -0.1) is 0 Å². The summed E-state index contributed by atoms with van der Waals surface area (Å²) < 4.78 is 7.19. The van der Waals surface area contributed by atoms with Crippen LogP contribution >= 0.6 is 0 Å². The zero-order valence-corrected chi connectivity index (χ0v) is 21.8. The number of aromatic nitrogens is 2. The Hall–Kier alpha value is -4.53. The van der Waals surface area contributed by atoms with Crippen molar-refractivity contribution < 1.29 is 14.3 Å². The summed E-state index contributed by atoms with van der Waals surface area (Å²) >= 11 is 0. The molecule has 0 radical (unpaired) electrons.